The van der Waals surface area contributed by atoms with Gasteiger partial charge in [-0.15, -0.1) is 0 Å². The van der Waals surface area contributed by atoms with Gasteiger partial charge < -0.3 is 15.5 Å². The lowest BCUT2D eigenvalue weighted by atomic mass is 10.0. The summed E-state index contributed by atoms with van der Waals surface area (Å²) in [5.74, 6) is -2.08. The van der Waals surface area contributed by atoms with E-state index in [9.17, 15) is 9.59 Å². The minimum absolute atomic E-state index is 0.0315. The second-order valence-electron chi connectivity index (χ2n) is 3.27. The summed E-state index contributed by atoms with van der Waals surface area (Å²) in [6, 6.07) is -0.975. The summed E-state index contributed by atoms with van der Waals surface area (Å²) in [6.45, 7) is 3.35. The molecule has 0 aliphatic rings. The van der Waals surface area contributed by atoms with Crippen molar-refractivity contribution in [3.8, 4) is 0 Å². The van der Waals surface area contributed by atoms with Crippen molar-refractivity contribution in [3.05, 3.63) is 0 Å². The van der Waals surface area contributed by atoms with Crippen molar-refractivity contribution in [1.82, 2.24) is 5.32 Å². The summed E-state index contributed by atoms with van der Waals surface area (Å²) in [5, 5.41) is 20.0. The van der Waals surface area contributed by atoms with E-state index >= 15 is 0 Å². The SMILES string of the molecule is CC(C)[C@@H](NC(=O)[C@H](O)CS)C(=O)O. The van der Waals surface area contributed by atoms with Crippen LogP contribution in [-0.4, -0.2) is 40.0 Å². The van der Waals surface area contributed by atoms with E-state index in [1.54, 1.807) is 13.8 Å². The van der Waals surface area contributed by atoms with Crippen LogP contribution in [0, 0.1) is 5.92 Å². The highest BCUT2D eigenvalue weighted by atomic mass is 32.1. The van der Waals surface area contributed by atoms with Crippen molar-refractivity contribution in [1.29, 1.82) is 0 Å². The highest BCUT2D eigenvalue weighted by molar-refractivity contribution is 7.80. The molecule has 1 amide bonds. The maximum Gasteiger partial charge on any atom is 0.326 e. The molecule has 3 N–H and O–H groups in total. The minimum Gasteiger partial charge on any atom is -0.480 e. The molecule has 0 rings (SSSR count). The summed E-state index contributed by atoms with van der Waals surface area (Å²) >= 11 is 3.72. The van der Waals surface area contributed by atoms with Crippen molar-refractivity contribution >= 4 is 24.5 Å². The third-order valence-corrected chi connectivity index (χ3v) is 2.05. The van der Waals surface area contributed by atoms with Crippen LogP contribution in [-0.2, 0) is 9.59 Å². The minimum atomic E-state index is -1.26. The molecule has 0 heterocycles. The molecule has 0 unspecified atom stereocenters. The predicted molar refractivity (Wildman–Crippen MR) is 54.3 cm³/mol. The lowest BCUT2D eigenvalue weighted by Crippen LogP contribution is -2.48. The predicted octanol–water partition coefficient (Wildman–Crippen LogP) is -0.498. The van der Waals surface area contributed by atoms with Gasteiger partial charge in [0.05, 0.1) is 0 Å². The fourth-order valence-corrected chi connectivity index (χ4v) is 1.01. The zero-order chi connectivity index (χ0) is 11.3. The Hall–Kier alpha value is -0.750. The molecule has 0 bridgehead atoms. The number of hydrogen-bond donors (Lipinski definition) is 4. The first-order valence-corrected chi connectivity index (χ1v) is 4.85. The Labute approximate surface area is 87.9 Å². The number of nitrogens with one attached hydrogen (secondary N) is 1. The summed E-state index contributed by atoms with van der Waals surface area (Å²) in [6.07, 6.45) is -1.26. The standard InChI is InChI=1S/C8H15NO4S/c1-4(2)6(8(12)13)9-7(11)5(10)3-14/h4-6,10,14H,3H2,1-2H3,(H,9,11)(H,12,13)/t5-,6-/m1/s1. The molecule has 0 aromatic rings. The molecule has 0 spiro atoms. The lowest BCUT2D eigenvalue weighted by Gasteiger charge is -2.19. The Bertz CT molecular complexity index is 219. The Kier molecular flexibility index (Phi) is 5.56. The molecule has 0 saturated heterocycles. The number of aliphatic hydroxyl groups is 1. The molecule has 0 aromatic carbocycles. The lowest BCUT2D eigenvalue weighted by molar-refractivity contribution is -0.144. The molecule has 14 heavy (non-hydrogen) atoms. The van der Waals surface area contributed by atoms with Crippen LogP contribution in [0.5, 0.6) is 0 Å². The van der Waals surface area contributed by atoms with Crippen LogP contribution in [0.3, 0.4) is 0 Å². The van der Waals surface area contributed by atoms with Gasteiger partial charge >= 0.3 is 5.97 Å². The van der Waals surface area contributed by atoms with Gasteiger partial charge in [-0.3, -0.25) is 4.79 Å². The number of thiol groups is 1. The van der Waals surface area contributed by atoms with Crippen LogP contribution in [0.15, 0.2) is 0 Å². The molecular formula is C8H15NO4S. The van der Waals surface area contributed by atoms with Crippen LogP contribution in [0.25, 0.3) is 0 Å². The number of rotatable bonds is 5. The third kappa shape index (κ3) is 3.97. The number of hydrogen-bond acceptors (Lipinski definition) is 4. The Morgan fingerprint density at radius 3 is 2.21 bits per heavy atom. The zero-order valence-electron chi connectivity index (χ0n) is 8.10. The maximum absolute atomic E-state index is 11.1. The van der Waals surface area contributed by atoms with Crippen molar-refractivity contribution in [2.24, 2.45) is 5.92 Å². The number of aliphatic carboxylic acids is 1. The van der Waals surface area contributed by atoms with Crippen LogP contribution in [0.2, 0.25) is 0 Å². The van der Waals surface area contributed by atoms with E-state index < -0.39 is 24.0 Å². The van der Waals surface area contributed by atoms with Gasteiger partial charge in [-0.1, -0.05) is 13.8 Å². The number of amides is 1. The smallest absolute Gasteiger partial charge is 0.326 e. The first-order chi connectivity index (χ1) is 6.40. The van der Waals surface area contributed by atoms with Gasteiger partial charge in [-0.2, -0.15) is 12.6 Å². The summed E-state index contributed by atoms with van der Waals surface area (Å²) in [4.78, 5) is 21.8. The van der Waals surface area contributed by atoms with Crippen molar-refractivity contribution in [2.75, 3.05) is 5.75 Å². The van der Waals surface area contributed by atoms with Gasteiger partial charge in [0.1, 0.15) is 12.1 Å². The number of carbonyl (C=O) groups is 2. The van der Waals surface area contributed by atoms with Gasteiger partial charge in [0.2, 0.25) is 5.91 Å². The van der Waals surface area contributed by atoms with Crippen LogP contribution < -0.4 is 5.32 Å². The topological polar surface area (TPSA) is 86.6 Å². The quantitative estimate of drug-likeness (QED) is 0.471. The molecule has 0 saturated carbocycles. The summed E-state index contributed by atoms with van der Waals surface area (Å²) in [5.41, 5.74) is 0. The highest BCUT2D eigenvalue weighted by Crippen LogP contribution is 2.02. The zero-order valence-corrected chi connectivity index (χ0v) is 8.99. The Balaban J connectivity index is 4.31. The molecule has 5 nitrogen and oxygen atoms in total. The first kappa shape index (κ1) is 13.2. The largest absolute Gasteiger partial charge is 0.480 e. The van der Waals surface area contributed by atoms with E-state index in [2.05, 4.69) is 17.9 Å². The van der Waals surface area contributed by atoms with E-state index in [-0.39, 0.29) is 11.7 Å². The fraction of sp³-hybridized carbons (Fsp3) is 0.750. The number of carboxylic acids is 1. The van der Waals surface area contributed by atoms with Crippen LogP contribution >= 0.6 is 12.6 Å². The van der Waals surface area contributed by atoms with E-state index in [1.807, 2.05) is 0 Å². The normalized spacial score (nSPS) is 14.9. The Morgan fingerprint density at radius 1 is 1.43 bits per heavy atom. The van der Waals surface area contributed by atoms with E-state index in [1.165, 1.54) is 0 Å². The average molecular weight is 221 g/mol. The van der Waals surface area contributed by atoms with Crippen LogP contribution in [0.4, 0.5) is 0 Å². The number of carboxylic acid groups (broad SMARTS) is 1. The third-order valence-electron chi connectivity index (χ3n) is 1.71. The van der Waals surface area contributed by atoms with Gasteiger partial charge in [-0.05, 0) is 5.92 Å². The van der Waals surface area contributed by atoms with Crippen molar-refractivity contribution in [3.63, 3.8) is 0 Å². The van der Waals surface area contributed by atoms with Gasteiger partial charge in [0.25, 0.3) is 0 Å². The molecule has 6 heteroatoms. The molecule has 82 valence electrons. The second kappa shape index (κ2) is 5.87. The average Bonchev–Trinajstić information content (AvgIpc) is 2.11. The van der Waals surface area contributed by atoms with E-state index in [0.717, 1.165) is 0 Å². The Morgan fingerprint density at radius 2 is 1.93 bits per heavy atom. The summed E-state index contributed by atoms with van der Waals surface area (Å²) in [7, 11) is 0. The molecule has 0 aliphatic heterocycles. The highest BCUT2D eigenvalue weighted by Gasteiger charge is 2.25. The molecule has 0 fully saturated rings. The van der Waals surface area contributed by atoms with Gasteiger partial charge in [0, 0.05) is 5.75 Å². The monoisotopic (exact) mass is 221 g/mol. The van der Waals surface area contributed by atoms with E-state index in [0.29, 0.717) is 0 Å². The second-order valence-corrected chi connectivity index (χ2v) is 3.63. The van der Waals surface area contributed by atoms with Crippen molar-refractivity contribution in [2.45, 2.75) is 26.0 Å². The number of aliphatic hydroxyl groups excluding tert-OH is 1. The summed E-state index contributed by atoms with van der Waals surface area (Å²) < 4.78 is 0. The fourth-order valence-electron chi connectivity index (χ4n) is 0.846. The van der Waals surface area contributed by atoms with Crippen LogP contribution in [0.1, 0.15) is 13.8 Å². The molecule has 0 radical (unpaired) electrons. The van der Waals surface area contributed by atoms with E-state index in [4.69, 9.17) is 10.2 Å². The van der Waals surface area contributed by atoms with Crippen molar-refractivity contribution < 1.29 is 19.8 Å². The van der Waals surface area contributed by atoms with Gasteiger partial charge in [0.15, 0.2) is 0 Å². The number of carbonyl (C=O) groups excluding carboxylic acids is 1. The molecule has 0 aromatic heterocycles. The molecular weight excluding hydrogens is 206 g/mol. The maximum atomic E-state index is 11.1. The van der Waals surface area contributed by atoms with Gasteiger partial charge in [-0.25, -0.2) is 4.79 Å². The molecule has 0 aliphatic carbocycles. The molecule has 2 atom stereocenters. The first-order valence-electron chi connectivity index (χ1n) is 4.22.